The van der Waals surface area contributed by atoms with Crippen LogP contribution in [0.1, 0.15) is 47.0 Å². The van der Waals surface area contributed by atoms with Crippen molar-refractivity contribution in [2.24, 2.45) is 17.3 Å². The number of hydrogen-bond acceptors (Lipinski definition) is 2. The van der Waals surface area contributed by atoms with Crippen molar-refractivity contribution in [3.63, 3.8) is 0 Å². The predicted octanol–water partition coefficient (Wildman–Crippen LogP) is 2.60. The first-order chi connectivity index (χ1) is 6.84. The lowest BCUT2D eigenvalue weighted by Gasteiger charge is -2.44. The summed E-state index contributed by atoms with van der Waals surface area (Å²) in [5, 5.41) is 10.5. The molecule has 0 amide bonds. The highest BCUT2D eigenvalue weighted by molar-refractivity contribution is 5.02. The van der Waals surface area contributed by atoms with E-state index in [-0.39, 0.29) is 6.10 Å². The van der Waals surface area contributed by atoms with Gasteiger partial charge in [-0.15, -0.1) is 0 Å². The molecule has 1 heterocycles. The Morgan fingerprint density at radius 1 is 1.33 bits per heavy atom. The summed E-state index contributed by atoms with van der Waals surface area (Å²) in [6.45, 7) is 9.72. The smallest absolute Gasteiger partial charge is 0.0955 e. The van der Waals surface area contributed by atoms with Crippen LogP contribution in [0, 0.1) is 17.3 Å². The van der Waals surface area contributed by atoms with E-state index in [2.05, 4.69) is 27.7 Å². The second-order valence-electron chi connectivity index (χ2n) is 6.55. The van der Waals surface area contributed by atoms with Gasteiger partial charge in [0.05, 0.1) is 18.3 Å². The van der Waals surface area contributed by atoms with Gasteiger partial charge < -0.3 is 9.84 Å². The van der Waals surface area contributed by atoms with Crippen molar-refractivity contribution >= 4 is 0 Å². The molecule has 1 aliphatic carbocycles. The van der Waals surface area contributed by atoms with Gasteiger partial charge in [0.2, 0.25) is 0 Å². The van der Waals surface area contributed by atoms with Crippen LogP contribution in [-0.4, -0.2) is 23.4 Å². The molecule has 0 spiro atoms. The molecule has 1 aliphatic heterocycles. The lowest BCUT2D eigenvalue weighted by Crippen LogP contribution is -2.49. The van der Waals surface area contributed by atoms with Crippen molar-refractivity contribution < 1.29 is 9.84 Å². The topological polar surface area (TPSA) is 29.5 Å². The minimum Gasteiger partial charge on any atom is -0.387 e. The molecule has 88 valence electrons. The molecule has 0 aromatic carbocycles. The maximum absolute atomic E-state index is 10.5. The highest BCUT2D eigenvalue weighted by Crippen LogP contribution is 2.48. The quantitative estimate of drug-likeness (QED) is 0.669. The molecule has 2 aliphatic rings. The Labute approximate surface area is 93.0 Å². The van der Waals surface area contributed by atoms with Gasteiger partial charge in [-0.3, -0.25) is 0 Å². The van der Waals surface area contributed by atoms with Gasteiger partial charge in [0, 0.05) is 5.92 Å². The monoisotopic (exact) mass is 212 g/mol. The maximum Gasteiger partial charge on any atom is 0.0955 e. The summed E-state index contributed by atoms with van der Waals surface area (Å²) in [5.41, 5.74) is -0.182. The Morgan fingerprint density at radius 2 is 2.00 bits per heavy atom. The summed E-state index contributed by atoms with van der Waals surface area (Å²) in [6.07, 6.45) is 3.18. The Kier molecular flexibility index (Phi) is 2.63. The number of rotatable bonds is 0. The number of hydrogen-bond donors (Lipinski definition) is 1. The second kappa shape index (κ2) is 3.46. The van der Waals surface area contributed by atoms with Crippen molar-refractivity contribution in [3.05, 3.63) is 0 Å². The minimum absolute atomic E-state index is 0.0884. The van der Waals surface area contributed by atoms with Crippen LogP contribution in [0.3, 0.4) is 0 Å². The minimum atomic E-state index is -0.526. The van der Waals surface area contributed by atoms with E-state index in [0.717, 1.165) is 25.9 Å². The summed E-state index contributed by atoms with van der Waals surface area (Å²) in [7, 11) is 0. The van der Waals surface area contributed by atoms with E-state index in [1.165, 1.54) is 0 Å². The number of fused-ring (bicyclic) bond motifs is 1. The van der Waals surface area contributed by atoms with E-state index in [4.69, 9.17) is 4.74 Å². The molecule has 2 nitrogen and oxygen atoms in total. The fourth-order valence-corrected chi connectivity index (χ4v) is 3.11. The van der Waals surface area contributed by atoms with Gasteiger partial charge in [-0.05, 0) is 30.6 Å². The van der Waals surface area contributed by atoms with Crippen LogP contribution in [0.25, 0.3) is 0 Å². The van der Waals surface area contributed by atoms with Crippen molar-refractivity contribution in [2.75, 3.05) is 6.61 Å². The molecule has 1 N–H and O–H groups in total. The Bertz CT molecular complexity index is 243. The van der Waals surface area contributed by atoms with E-state index < -0.39 is 5.60 Å². The molecule has 1 saturated heterocycles. The SMILES string of the molecule is C[C@@H]1CO[C@H]2C[C@H](C(C)(C)C)CC[C@@]12O. The van der Waals surface area contributed by atoms with Crippen LogP contribution >= 0.6 is 0 Å². The van der Waals surface area contributed by atoms with Gasteiger partial charge in [-0.25, -0.2) is 0 Å². The molecule has 0 unspecified atom stereocenters. The van der Waals surface area contributed by atoms with Crippen LogP contribution < -0.4 is 0 Å². The van der Waals surface area contributed by atoms with Crippen molar-refractivity contribution in [1.82, 2.24) is 0 Å². The third-order valence-electron chi connectivity index (χ3n) is 4.57. The van der Waals surface area contributed by atoms with Crippen molar-refractivity contribution in [2.45, 2.75) is 58.7 Å². The van der Waals surface area contributed by atoms with Crippen LogP contribution in [-0.2, 0) is 4.74 Å². The Morgan fingerprint density at radius 3 is 2.60 bits per heavy atom. The molecule has 0 aromatic rings. The standard InChI is InChI=1S/C13H24O2/c1-9-8-15-11-7-10(12(2,3)4)5-6-13(9,11)14/h9-11,14H,5-8H2,1-4H3/t9-,10-,11+,13-/m1/s1. The van der Waals surface area contributed by atoms with Gasteiger partial charge in [0.1, 0.15) is 0 Å². The Hall–Kier alpha value is -0.0800. The second-order valence-corrected chi connectivity index (χ2v) is 6.55. The first kappa shape index (κ1) is 11.4. The van der Waals surface area contributed by atoms with E-state index in [0.29, 0.717) is 17.3 Å². The van der Waals surface area contributed by atoms with E-state index in [9.17, 15) is 5.11 Å². The summed E-state index contributed by atoms with van der Waals surface area (Å²) < 4.78 is 5.75. The average molecular weight is 212 g/mol. The summed E-state index contributed by atoms with van der Waals surface area (Å²) in [5.74, 6) is 0.997. The molecule has 1 saturated carbocycles. The molecule has 2 heteroatoms. The predicted molar refractivity (Wildman–Crippen MR) is 60.6 cm³/mol. The number of ether oxygens (including phenoxy) is 1. The zero-order valence-electron chi connectivity index (χ0n) is 10.4. The van der Waals surface area contributed by atoms with Gasteiger partial charge in [0.25, 0.3) is 0 Å². The third kappa shape index (κ3) is 1.83. The highest BCUT2D eigenvalue weighted by Gasteiger charge is 2.52. The molecule has 0 radical (unpaired) electrons. The van der Waals surface area contributed by atoms with Gasteiger partial charge in [-0.1, -0.05) is 27.7 Å². The fraction of sp³-hybridized carbons (Fsp3) is 1.00. The van der Waals surface area contributed by atoms with Gasteiger partial charge >= 0.3 is 0 Å². The van der Waals surface area contributed by atoms with Crippen LogP contribution in [0.15, 0.2) is 0 Å². The molecule has 2 rings (SSSR count). The van der Waals surface area contributed by atoms with E-state index >= 15 is 0 Å². The fourth-order valence-electron chi connectivity index (χ4n) is 3.11. The largest absolute Gasteiger partial charge is 0.387 e. The third-order valence-corrected chi connectivity index (χ3v) is 4.57. The maximum atomic E-state index is 10.5. The molecule has 0 bridgehead atoms. The summed E-state index contributed by atoms with van der Waals surface area (Å²) >= 11 is 0. The lowest BCUT2D eigenvalue weighted by atomic mass is 9.65. The van der Waals surface area contributed by atoms with Crippen molar-refractivity contribution in [1.29, 1.82) is 0 Å². The zero-order valence-corrected chi connectivity index (χ0v) is 10.4. The van der Waals surface area contributed by atoms with E-state index in [1.54, 1.807) is 0 Å². The summed E-state index contributed by atoms with van der Waals surface area (Å²) in [4.78, 5) is 0. The first-order valence-electron chi connectivity index (χ1n) is 6.18. The van der Waals surface area contributed by atoms with Crippen molar-refractivity contribution in [3.8, 4) is 0 Å². The van der Waals surface area contributed by atoms with Gasteiger partial charge in [-0.2, -0.15) is 0 Å². The molecule has 0 aromatic heterocycles. The first-order valence-corrected chi connectivity index (χ1v) is 6.18. The molecular formula is C13H24O2. The van der Waals surface area contributed by atoms with E-state index in [1.807, 2.05) is 0 Å². The molecule has 15 heavy (non-hydrogen) atoms. The zero-order chi connectivity index (χ0) is 11.3. The van der Waals surface area contributed by atoms with Crippen LogP contribution in [0.2, 0.25) is 0 Å². The van der Waals surface area contributed by atoms with Gasteiger partial charge in [0.15, 0.2) is 0 Å². The van der Waals surface area contributed by atoms with Crippen LogP contribution in [0.4, 0.5) is 0 Å². The Balaban J connectivity index is 2.09. The summed E-state index contributed by atoms with van der Waals surface area (Å²) in [6, 6.07) is 0. The lowest BCUT2D eigenvalue weighted by molar-refractivity contribution is -0.100. The molecule has 4 atom stereocenters. The molecule has 2 fully saturated rings. The number of aliphatic hydroxyl groups is 1. The van der Waals surface area contributed by atoms with Crippen LogP contribution in [0.5, 0.6) is 0 Å². The molecular weight excluding hydrogens is 188 g/mol. The normalized spacial score (nSPS) is 46.6. The highest BCUT2D eigenvalue weighted by atomic mass is 16.5. The average Bonchev–Trinajstić information content (AvgIpc) is 2.41.